The van der Waals surface area contributed by atoms with Crippen molar-refractivity contribution in [2.45, 2.75) is 19.4 Å². The first-order valence-electron chi connectivity index (χ1n) is 4.83. The molecule has 4 heteroatoms. The van der Waals surface area contributed by atoms with Gasteiger partial charge in [0.15, 0.2) is 0 Å². The minimum absolute atomic E-state index is 0.00150. The van der Waals surface area contributed by atoms with Crippen molar-refractivity contribution in [1.29, 1.82) is 0 Å². The summed E-state index contributed by atoms with van der Waals surface area (Å²) in [6, 6.07) is 7.21. The van der Waals surface area contributed by atoms with Gasteiger partial charge in [-0.2, -0.15) is 0 Å². The molecule has 0 radical (unpaired) electrons. The van der Waals surface area contributed by atoms with E-state index in [0.29, 0.717) is 25.2 Å². The number of ether oxygens (including phenoxy) is 1. The largest absolute Gasteiger partial charge is 0.494 e. The molecule has 1 aromatic rings. The fourth-order valence-electron chi connectivity index (χ4n) is 1.17. The fraction of sp³-hybridized carbons (Fsp3) is 0.364. The molecule has 0 heterocycles. The van der Waals surface area contributed by atoms with Gasteiger partial charge in [0.05, 0.1) is 13.2 Å². The van der Waals surface area contributed by atoms with Crippen LogP contribution in [0.1, 0.15) is 18.4 Å². The number of amides is 1. The molecule has 0 bridgehead atoms. The third kappa shape index (κ3) is 4.46. The van der Waals surface area contributed by atoms with Crippen LogP contribution >= 0.6 is 0 Å². The normalized spacial score (nSPS) is 9.93. The van der Waals surface area contributed by atoms with Crippen molar-refractivity contribution in [2.24, 2.45) is 5.73 Å². The predicted molar refractivity (Wildman–Crippen MR) is 56.3 cm³/mol. The maximum atomic E-state index is 10.4. The van der Waals surface area contributed by atoms with Crippen molar-refractivity contribution < 1.29 is 14.6 Å². The smallest absolute Gasteiger partial charge is 0.217 e. The summed E-state index contributed by atoms with van der Waals surface area (Å²) in [5.41, 5.74) is 5.80. The van der Waals surface area contributed by atoms with E-state index in [0.717, 1.165) is 5.56 Å². The monoisotopic (exact) mass is 209 g/mol. The number of nitrogens with two attached hydrogens (primary N) is 1. The fourth-order valence-corrected chi connectivity index (χ4v) is 1.17. The summed E-state index contributed by atoms with van der Waals surface area (Å²) in [6.45, 7) is 0.455. The Morgan fingerprint density at radius 1 is 1.47 bits per heavy atom. The number of hydrogen-bond donors (Lipinski definition) is 2. The molecule has 0 saturated heterocycles. The van der Waals surface area contributed by atoms with Crippen molar-refractivity contribution in [2.75, 3.05) is 6.61 Å². The van der Waals surface area contributed by atoms with Gasteiger partial charge < -0.3 is 15.6 Å². The summed E-state index contributed by atoms with van der Waals surface area (Å²) < 4.78 is 5.38. The third-order valence-corrected chi connectivity index (χ3v) is 1.92. The van der Waals surface area contributed by atoms with E-state index in [1.165, 1.54) is 0 Å². The van der Waals surface area contributed by atoms with Crippen molar-refractivity contribution in [1.82, 2.24) is 0 Å². The van der Waals surface area contributed by atoms with E-state index in [2.05, 4.69) is 0 Å². The lowest BCUT2D eigenvalue weighted by Gasteiger charge is -2.06. The Kier molecular flexibility index (Phi) is 4.63. The van der Waals surface area contributed by atoms with Gasteiger partial charge in [-0.25, -0.2) is 0 Å². The predicted octanol–water partition coefficient (Wildman–Crippen LogP) is 0.823. The maximum absolute atomic E-state index is 10.4. The van der Waals surface area contributed by atoms with Gasteiger partial charge in [-0.05, 0) is 24.1 Å². The molecule has 0 unspecified atom stereocenters. The minimum Gasteiger partial charge on any atom is -0.494 e. The highest BCUT2D eigenvalue weighted by Crippen LogP contribution is 2.13. The standard InChI is InChI=1S/C11H15NO3/c12-11(14)5-2-6-15-10-4-1-3-9(7-10)8-13/h1,3-4,7,13H,2,5-6,8H2,(H2,12,14). The lowest BCUT2D eigenvalue weighted by atomic mass is 10.2. The number of carbonyl (C=O) groups excluding carboxylic acids is 1. The average molecular weight is 209 g/mol. The Morgan fingerprint density at radius 2 is 2.27 bits per heavy atom. The molecule has 1 amide bonds. The molecule has 3 N–H and O–H groups in total. The Bertz CT molecular complexity index is 325. The van der Waals surface area contributed by atoms with E-state index in [1.54, 1.807) is 6.07 Å². The highest BCUT2D eigenvalue weighted by Gasteiger charge is 1.97. The van der Waals surface area contributed by atoms with Crippen molar-refractivity contribution >= 4 is 5.91 Å². The van der Waals surface area contributed by atoms with E-state index in [4.69, 9.17) is 15.6 Å². The molecule has 4 nitrogen and oxygen atoms in total. The minimum atomic E-state index is -0.317. The lowest BCUT2D eigenvalue weighted by Crippen LogP contribution is -2.11. The molecule has 82 valence electrons. The Morgan fingerprint density at radius 3 is 2.93 bits per heavy atom. The molecule has 0 aliphatic heterocycles. The topological polar surface area (TPSA) is 72.6 Å². The summed E-state index contributed by atoms with van der Waals surface area (Å²) in [5.74, 6) is 0.383. The zero-order valence-corrected chi connectivity index (χ0v) is 8.48. The zero-order chi connectivity index (χ0) is 11.1. The van der Waals surface area contributed by atoms with Crippen LogP contribution in [0.4, 0.5) is 0 Å². The molecule has 0 aliphatic rings. The molecule has 0 atom stereocenters. The Balaban J connectivity index is 2.33. The number of carbonyl (C=O) groups is 1. The number of primary amides is 1. The summed E-state index contributed by atoms with van der Waals surface area (Å²) in [4.78, 5) is 10.4. The molecule has 0 aliphatic carbocycles. The van der Waals surface area contributed by atoms with Crippen LogP contribution in [0.3, 0.4) is 0 Å². The summed E-state index contributed by atoms with van der Waals surface area (Å²) >= 11 is 0. The maximum Gasteiger partial charge on any atom is 0.217 e. The Labute approximate surface area is 88.7 Å². The van der Waals surface area contributed by atoms with Crippen LogP contribution in [-0.2, 0) is 11.4 Å². The molecule has 15 heavy (non-hydrogen) atoms. The molecular weight excluding hydrogens is 194 g/mol. The molecule has 0 aromatic heterocycles. The quantitative estimate of drug-likeness (QED) is 0.681. The van der Waals surface area contributed by atoms with Gasteiger partial charge in [0.2, 0.25) is 5.91 Å². The van der Waals surface area contributed by atoms with Gasteiger partial charge in [-0.15, -0.1) is 0 Å². The van der Waals surface area contributed by atoms with Crippen molar-refractivity contribution in [3.8, 4) is 5.75 Å². The van der Waals surface area contributed by atoms with Crippen molar-refractivity contribution in [3.63, 3.8) is 0 Å². The van der Waals surface area contributed by atoms with Gasteiger partial charge in [-0.3, -0.25) is 4.79 Å². The summed E-state index contributed by atoms with van der Waals surface area (Å²) in [6.07, 6.45) is 0.943. The number of hydrogen-bond acceptors (Lipinski definition) is 3. The average Bonchev–Trinajstić information content (AvgIpc) is 2.24. The van der Waals surface area contributed by atoms with Crippen LogP contribution in [0.5, 0.6) is 5.75 Å². The summed E-state index contributed by atoms with van der Waals surface area (Å²) in [7, 11) is 0. The lowest BCUT2D eigenvalue weighted by molar-refractivity contribution is -0.118. The van der Waals surface area contributed by atoms with Gasteiger partial charge in [-0.1, -0.05) is 12.1 Å². The summed E-state index contributed by atoms with van der Waals surface area (Å²) in [5, 5.41) is 8.89. The second kappa shape index (κ2) is 6.03. The molecular formula is C11H15NO3. The Hall–Kier alpha value is -1.55. The van der Waals surface area contributed by atoms with Gasteiger partial charge in [0, 0.05) is 6.42 Å². The highest BCUT2D eigenvalue weighted by molar-refractivity contribution is 5.73. The first-order chi connectivity index (χ1) is 7.22. The molecule has 1 rings (SSSR count). The zero-order valence-electron chi connectivity index (χ0n) is 8.48. The van der Waals surface area contributed by atoms with Crippen LogP contribution in [0.2, 0.25) is 0 Å². The van der Waals surface area contributed by atoms with E-state index < -0.39 is 0 Å². The van der Waals surface area contributed by atoms with Gasteiger partial charge >= 0.3 is 0 Å². The number of rotatable bonds is 6. The first-order valence-corrected chi connectivity index (χ1v) is 4.83. The van der Waals surface area contributed by atoms with Crippen LogP contribution < -0.4 is 10.5 Å². The second-order valence-electron chi connectivity index (χ2n) is 3.22. The van der Waals surface area contributed by atoms with Crippen molar-refractivity contribution in [3.05, 3.63) is 29.8 Å². The highest BCUT2D eigenvalue weighted by atomic mass is 16.5. The van der Waals surface area contributed by atoms with Crippen LogP contribution in [0.25, 0.3) is 0 Å². The molecule has 1 aromatic carbocycles. The second-order valence-corrected chi connectivity index (χ2v) is 3.22. The van der Waals surface area contributed by atoms with Crippen LogP contribution in [-0.4, -0.2) is 17.6 Å². The van der Waals surface area contributed by atoms with E-state index in [1.807, 2.05) is 18.2 Å². The number of aliphatic hydroxyl groups is 1. The van der Waals surface area contributed by atoms with Crippen LogP contribution in [0.15, 0.2) is 24.3 Å². The molecule has 0 spiro atoms. The van der Waals surface area contributed by atoms with Crippen LogP contribution in [0, 0.1) is 0 Å². The molecule has 0 saturated carbocycles. The molecule has 0 fully saturated rings. The first kappa shape index (κ1) is 11.5. The van der Waals surface area contributed by atoms with E-state index in [9.17, 15) is 4.79 Å². The number of aliphatic hydroxyl groups excluding tert-OH is 1. The van der Waals surface area contributed by atoms with E-state index >= 15 is 0 Å². The van der Waals surface area contributed by atoms with E-state index in [-0.39, 0.29) is 12.5 Å². The van der Waals surface area contributed by atoms with Gasteiger partial charge in [0.1, 0.15) is 5.75 Å². The third-order valence-electron chi connectivity index (χ3n) is 1.92. The number of benzene rings is 1. The van der Waals surface area contributed by atoms with Gasteiger partial charge in [0.25, 0.3) is 0 Å². The SMILES string of the molecule is NC(=O)CCCOc1cccc(CO)c1.